The summed E-state index contributed by atoms with van der Waals surface area (Å²) in [6.07, 6.45) is 2.80. The number of ketones is 1. The fourth-order valence-corrected chi connectivity index (χ4v) is 2.55. The van der Waals surface area contributed by atoms with Gasteiger partial charge in [0.15, 0.2) is 17.9 Å². The zero-order valence-electron chi connectivity index (χ0n) is 16.7. The van der Waals surface area contributed by atoms with Gasteiger partial charge >= 0.3 is 5.97 Å². The molecule has 0 aromatic heterocycles. The number of quaternary nitrogens is 1. The van der Waals surface area contributed by atoms with Gasteiger partial charge in [0.25, 0.3) is 0 Å². The van der Waals surface area contributed by atoms with E-state index in [1.54, 1.807) is 6.92 Å². The fraction of sp³-hybridized carbons (Fsp3) is 0.842. The molecule has 0 aromatic rings. The Labute approximate surface area is 148 Å². The first-order valence-corrected chi connectivity index (χ1v) is 8.94. The van der Waals surface area contributed by atoms with E-state index in [-0.39, 0.29) is 17.3 Å². The van der Waals surface area contributed by atoms with Gasteiger partial charge in [-0.25, -0.2) is 0 Å². The van der Waals surface area contributed by atoms with Crippen molar-refractivity contribution in [3.05, 3.63) is 6.92 Å². The number of hydrogen-bond donors (Lipinski definition) is 2. The van der Waals surface area contributed by atoms with Gasteiger partial charge in [0.05, 0.1) is 13.3 Å². The van der Waals surface area contributed by atoms with Crippen LogP contribution in [0.3, 0.4) is 0 Å². The molecule has 3 atom stereocenters. The summed E-state index contributed by atoms with van der Waals surface area (Å²) >= 11 is 0. The number of esters is 1. The number of nitrogens with one attached hydrogen (secondary N) is 1. The van der Waals surface area contributed by atoms with Gasteiger partial charge in [-0.1, -0.05) is 20.8 Å². The van der Waals surface area contributed by atoms with Gasteiger partial charge in [0.2, 0.25) is 0 Å². The molecule has 24 heavy (non-hydrogen) atoms. The number of ether oxygens (including phenoxy) is 1. The second-order valence-electron chi connectivity index (χ2n) is 8.66. The van der Waals surface area contributed by atoms with E-state index in [1.165, 1.54) is 0 Å². The maximum absolute atomic E-state index is 12.5. The molecule has 140 valence electrons. The summed E-state index contributed by atoms with van der Waals surface area (Å²) < 4.78 is 5.68. The molecular weight excluding hydrogens is 304 g/mol. The number of Topliss-reactive ketones (excluding diaryl/α,β-unsaturated/α-hetero) is 1. The normalized spacial score (nSPS) is 16.3. The van der Waals surface area contributed by atoms with Crippen LogP contribution < -0.4 is 11.1 Å². The Hall–Kier alpha value is -1.07. The first-order chi connectivity index (χ1) is 10.8. The largest absolute Gasteiger partial charge is 0.454 e. The van der Waals surface area contributed by atoms with Crippen molar-refractivity contribution in [1.82, 2.24) is 5.32 Å². The van der Waals surface area contributed by atoms with Crippen LogP contribution in [0.1, 0.15) is 74.1 Å². The van der Waals surface area contributed by atoms with Crippen molar-refractivity contribution in [2.24, 2.45) is 5.41 Å². The van der Waals surface area contributed by atoms with Gasteiger partial charge in [0, 0.05) is 11.0 Å². The molecule has 4 N–H and O–H groups in total. The van der Waals surface area contributed by atoms with E-state index >= 15 is 0 Å². The Morgan fingerprint density at radius 1 is 1.12 bits per heavy atom. The van der Waals surface area contributed by atoms with Crippen molar-refractivity contribution in [1.29, 1.82) is 0 Å². The highest BCUT2D eigenvalue weighted by atomic mass is 16.5. The third-order valence-electron chi connectivity index (χ3n) is 3.78. The summed E-state index contributed by atoms with van der Waals surface area (Å²) in [5.74, 6) is -0.314. The topological polar surface area (TPSA) is 83.0 Å². The lowest BCUT2D eigenvalue weighted by Gasteiger charge is -2.29. The van der Waals surface area contributed by atoms with Gasteiger partial charge < -0.3 is 10.5 Å². The highest BCUT2D eigenvalue weighted by Crippen LogP contribution is 2.20. The van der Waals surface area contributed by atoms with Gasteiger partial charge in [-0.2, -0.15) is 0 Å². The molecule has 0 saturated carbocycles. The lowest BCUT2D eigenvalue weighted by Crippen LogP contribution is -2.72. The van der Waals surface area contributed by atoms with Crippen LogP contribution in [0, 0.1) is 12.3 Å². The molecule has 0 aromatic carbocycles. The summed E-state index contributed by atoms with van der Waals surface area (Å²) in [4.78, 5) is 24.9. The van der Waals surface area contributed by atoms with Gasteiger partial charge in [-0.3, -0.25) is 14.9 Å². The molecular formula is C19H38N2O3+2. The molecule has 0 aliphatic carbocycles. The molecule has 0 radical (unpaired) electrons. The van der Waals surface area contributed by atoms with Gasteiger partial charge in [-0.15, -0.1) is 0 Å². The molecule has 0 spiro atoms. The molecule has 0 heterocycles. The van der Waals surface area contributed by atoms with Crippen LogP contribution >= 0.6 is 0 Å². The van der Waals surface area contributed by atoms with Crippen LogP contribution in [-0.4, -0.2) is 35.5 Å². The molecule has 3 unspecified atom stereocenters. The molecule has 0 saturated heterocycles. The summed E-state index contributed by atoms with van der Waals surface area (Å²) in [7, 11) is 0. The van der Waals surface area contributed by atoms with Crippen LogP contribution in [0.25, 0.3) is 0 Å². The average Bonchev–Trinajstić information content (AvgIpc) is 2.41. The SMILES string of the molecule is [CH2+]CCCCC(OC(=O)C(C)NC(C)(C)C)C([NH3+])C(=O)C(C)(C)C. The average molecular weight is 343 g/mol. The summed E-state index contributed by atoms with van der Waals surface area (Å²) in [5, 5.41) is 3.20. The van der Waals surface area contributed by atoms with E-state index in [2.05, 4.69) is 18.0 Å². The third-order valence-corrected chi connectivity index (χ3v) is 3.78. The zero-order chi connectivity index (χ0) is 19.1. The van der Waals surface area contributed by atoms with Gasteiger partial charge in [-0.05, 0) is 47.0 Å². The second-order valence-corrected chi connectivity index (χ2v) is 8.66. The van der Waals surface area contributed by atoms with Crippen LogP contribution in [-0.2, 0) is 14.3 Å². The Morgan fingerprint density at radius 2 is 1.67 bits per heavy atom. The molecule has 0 aliphatic rings. The monoisotopic (exact) mass is 342 g/mol. The van der Waals surface area contributed by atoms with E-state index in [0.717, 1.165) is 19.3 Å². The standard InChI is InChI=1S/C19H37N2O3/c1-9-10-11-12-14(15(20)16(22)18(3,4)5)24-17(23)13(2)21-19(6,7)8/h13-15,21H,1,9-12,20H2,2-8H3/q+1/p+1. The number of carbonyl (C=O) groups excluding carboxylic acids is 2. The minimum Gasteiger partial charge on any atom is -0.454 e. The molecule has 0 rings (SSSR count). The van der Waals surface area contributed by atoms with E-state index in [9.17, 15) is 9.59 Å². The first-order valence-electron chi connectivity index (χ1n) is 8.94. The third kappa shape index (κ3) is 8.69. The predicted octanol–water partition coefficient (Wildman–Crippen LogP) is 2.29. The van der Waals surface area contributed by atoms with Crippen LogP contribution in [0.5, 0.6) is 0 Å². The van der Waals surface area contributed by atoms with Crippen LogP contribution in [0.4, 0.5) is 0 Å². The fourth-order valence-electron chi connectivity index (χ4n) is 2.55. The van der Waals surface area contributed by atoms with Crippen LogP contribution in [0.15, 0.2) is 0 Å². The highest BCUT2D eigenvalue weighted by Gasteiger charge is 2.38. The summed E-state index contributed by atoms with van der Waals surface area (Å²) in [6.45, 7) is 17.2. The Morgan fingerprint density at radius 3 is 2.08 bits per heavy atom. The van der Waals surface area contributed by atoms with Crippen molar-refractivity contribution in [2.45, 2.75) is 97.9 Å². The lowest BCUT2D eigenvalue weighted by atomic mass is 9.84. The highest BCUT2D eigenvalue weighted by molar-refractivity contribution is 5.88. The molecule has 0 bridgehead atoms. The summed E-state index contributed by atoms with van der Waals surface area (Å²) in [6, 6.07) is -0.988. The van der Waals surface area contributed by atoms with E-state index in [1.807, 2.05) is 41.5 Å². The molecule has 0 fully saturated rings. The Balaban J connectivity index is 5.00. The van der Waals surface area contributed by atoms with Gasteiger partial charge in [0.1, 0.15) is 6.04 Å². The molecule has 0 amide bonds. The maximum Gasteiger partial charge on any atom is 0.323 e. The molecule has 5 nitrogen and oxygen atoms in total. The number of carbonyl (C=O) groups is 2. The van der Waals surface area contributed by atoms with E-state index in [4.69, 9.17) is 4.74 Å². The predicted molar refractivity (Wildman–Crippen MR) is 97.2 cm³/mol. The lowest BCUT2D eigenvalue weighted by molar-refractivity contribution is -0.422. The van der Waals surface area contributed by atoms with Crippen molar-refractivity contribution in [3.63, 3.8) is 0 Å². The zero-order valence-corrected chi connectivity index (χ0v) is 16.7. The van der Waals surface area contributed by atoms with Crippen molar-refractivity contribution >= 4 is 11.8 Å². The number of unbranched alkanes of at least 4 members (excludes halogenated alkanes) is 2. The summed E-state index contributed by atoms with van der Waals surface area (Å²) in [5.41, 5.74) is 3.32. The minimum absolute atomic E-state index is 0.0198. The Kier molecular flexibility index (Phi) is 9.00. The quantitative estimate of drug-likeness (QED) is 0.383. The first kappa shape index (κ1) is 22.9. The number of rotatable bonds is 9. The molecule has 5 heteroatoms. The second kappa shape index (κ2) is 9.42. The molecule has 0 aliphatic heterocycles. The maximum atomic E-state index is 12.5. The van der Waals surface area contributed by atoms with E-state index < -0.39 is 23.6 Å². The van der Waals surface area contributed by atoms with Crippen molar-refractivity contribution < 1.29 is 20.1 Å². The van der Waals surface area contributed by atoms with Crippen molar-refractivity contribution in [2.75, 3.05) is 0 Å². The van der Waals surface area contributed by atoms with Crippen molar-refractivity contribution in [3.8, 4) is 0 Å². The smallest absolute Gasteiger partial charge is 0.323 e. The Bertz CT molecular complexity index is 408. The minimum atomic E-state index is -0.555. The number of hydrogen-bond acceptors (Lipinski definition) is 4. The van der Waals surface area contributed by atoms with Crippen LogP contribution in [0.2, 0.25) is 0 Å². The van der Waals surface area contributed by atoms with E-state index in [0.29, 0.717) is 6.42 Å².